The number of alkyl halides is 3. The average Bonchev–Trinajstić information content (AvgIpc) is 2.71. The highest BCUT2D eigenvalue weighted by molar-refractivity contribution is 5.65. The molecule has 0 unspecified atom stereocenters. The lowest BCUT2D eigenvalue weighted by Crippen LogP contribution is -2.59. The van der Waals surface area contributed by atoms with Crippen molar-refractivity contribution in [1.82, 2.24) is 9.88 Å². The van der Waals surface area contributed by atoms with Crippen molar-refractivity contribution in [1.29, 1.82) is 0 Å². The number of fused-ring (bicyclic) bond motifs is 1. The van der Waals surface area contributed by atoms with Crippen molar-refractivity contribution in [2.75, 3.05) is 18.9 Å². The molecule has 1 saturated heterocycles. The van der Waals surface area contributed by atoms with Crippen LogP contribution in [-0.4, -0.2) is 29.5 Å². The van der Waals surface area contributed by atoms with Crippen LogP contribution in [-0.2, 0) is 18.0 Å². The van der Waals surface area contributed by atoms with Gasteiger partial charge in [-0.25, -0.2) is 0 Å². The number of likely N-dealkylation sites (tertiary alicyclic amines) is 1. The highest BCUT2D eigenvalue weighted by Gasteiger charge is 2.53. The number of piperidine rings is 1. The Morgan fingerprint density at radius 1 is 1.17 bits per heavy atom. The molecule has 2 aromatic rings. The first kappa shape index (κ1) is 18.9. The van der Waals surface area contributed by atoms with Gasteiger partial charge in [0.05, 0.1) is 11.3 Å². The lowest BCUT2D eigenvalue weighted by atomic mass is 9.52. The van der Waals surface area contributed by atoms with Crippen LogP contribution in [0.1, 0.15) is 48.8 Å². The average molecular weight is 401 g/mol. The molecular weight excluding hydrogens is 375 g/mol. The molecule has 5 rings (SSSR count). The van der Waals surface area contributed by atoms with Crippen molar-refractivity contribution in [3.63, 3.8) is 0 Å². The van der Waals surface area contributed by atoms with E-state index >= 15 is 0 Å². The molecule has 2 fully saturated rings. The number of likely N-dealkylation sites (N-methyl/N-ethyl adjacent to an activating group) is 1. The normalized spacial score (nSPS) is 29.1. The smallest absolute Gasteiger partial charge is 0.355 e. The third-order valence-electron chi connectivity index (χ3n) is 7.52. The molecule has 6 heteroatoms. The Labute approximate surface area is 169 Å². The maximum atomic E-state index is 13.4. The van der Waals surface area contributed by atoms with Crippen molar-refractivity contribution in [2.24, 2.45) is 5.92 Å². The van der Waals surface area contributed by atoms with E-state index in [2.05, 4.69) is 34.4 Å². The van der Waals surface area contributed by atoms with E-state index in [0.29, 0.717) is 12.0 Å². The number of rotatable bonds is 2. The summed E-state index contributed by atoms with van der Waals surface area (Å²) in [4.78, 5) is 6.18. The van der Waals surface area contributed by atoms with Gasteiger partial charge in [0.1, 0.15) is 0 Å². The number of hydrogen-bond acceptors (Lipinski definition) is 3. The summed E-state index contributed by atoms with van der Waals surface area (Å²) in [5, 5.41) is 3.03. The van der Waals surface area contributed by atoms with Crippen LogP contribution < -0.4 is 5.32 Å². The highest BCUT2D eigenvalue weighted by Crippen LogP contribution is 2.56. The van der Waals surface area contributed by atoms with Gasteiger partial charge in [-0.2, -0.15) is 13.2 Å². The molecule has 3 aliphatic rings. The summed E-state index contributed by atoms with van der Waals surface area (Å²) in [5.41, 5.74) is 2.99. The van der Waals surface area contributed by atoms with Crippen LogP contribution in [0.4, 0.5) is 24.5 Å². The Morgan fingerprint density at radius 2 is 2.03 bits per heavy atom. The SMILES string of the molecule is CN1CC[C@]23CCCC[C@H]2[C@H]1Cc1ccc(Nc2ccncc2C(F)(F)F)cc13. The molecule has 1 aliphatic heterocycles. The van der Waals surface area contributed by atoms with Gasteiger partial charge in [0, 0.05) is 29.5 Å². The van der Waals surface area contributed by atoms with E-state index in [0.717, 1.165) is 31.3 Å². The third-order valence-corrected chi connectivity index (χ3v) is 7.52. The van der Waals surface area contributed by atoms with Gasteiger partial charge in [0.15, 0.2) is 0 Å². The monoisotopic (exact) mass is 401 g/mol. The second kappa shape index (κ2) is 6.73. The maximum Gasteiger partial charge on any atom is 0.419 e. The minimum Gasteiger partial charge on any atom is -0.355 e. The minimum absolute atomic E-state index is 0.0576. The number of pyridine rings is 1. The Bertz CT molecular complexity index is 926. The number of halogens is 3. The van der Waals surface area contributed by atoms with Gasteiger partial charge in [0.2, 0.25) is 0 Å². The summed E-state index contributed by atoms with van der Waals surface area (Å²) >= 11 is 0. The number of benzene rings is 1. The summed E-state index contributed by atoms with van der Waals surface area (Å²) in [6.45, 7) is 1.10. The summed E-state index contributed by atoms with van der Waals surface area (Å²) in [7, 11) is 2.24. The van der Waals surface area contributed by atoms with Crippen molar-refractivity contribution in [3.05, 3.63) is 53.3 Å². The van der Waals surface area contributed by atoms with Crippen LogP contribution in [0, 0.1) is 5.92 Å². The number of nitrogens with one attached hydrogen (secondary N) is 1. The van der Waals surface area contributed by atoms with Crippen LogP contribution >= 0.6 is 0 Å². The van der Waals surface area contributed by atoms with Gasteiger partial charge in [0.25, 0.3) is 0 Å². The molecule has 0 spiro atoms. The number of aromatic nitrogens is 1. The molecule has 2 bridgehead atoms. The topological polar surface area (TPSA) is 28.2 Å². The standard InChI is InChI=1S/C23H26F3N3/c1-29-11-9-22-8-3-2-4-17(22)21(29)12-15-5-6-16(13-18(15)22)28-20-7-10-27-14-19(20)23(24,25)26/h5-7,10,13-14,17,21H,2-4,8-9,11-12H2,1H3,(H,27,28)/t17-,21+,22+/m0/s1. The van der Waals surface area contributed by atoms with Crippen LogP contribution in [0.25, 0.3) is 0 Å². The molecular formula is C23H26F3N3. The Kier molecular flexibility index (Phi) is 4.39. The van der Waals surface area contributed by atoms with E-state index in [1.807, 2.05) is 6.07 Å². The van der Waals surface area contributed by atoms with Crippen molar-refractivity contribution >= 4 is 11.4 Å². The van der Waals surface area contributed by atoms with Crippen LogP contribution in [0.5, 0.6) is 0 Å². The maximum absolute atomic E-state index is 13.4. The van der Waals surface area contributed by atoms with Crippen molar-refractivity contribution in [3.8, 4) is 0 Å². The fourth-order valence-corrected chi connectivity index (χ4v) is 6.16. The van der Waals surface area contributed by atoms with E-state index in [1.54, 1.807) is 0 Å². The van der Waals surface area contributed by atoms with Gasteiger partial charge in [-0.15, -0.1) is 0 Å². The molecule has 2 aliphatic carbocycles. The Hall–Kier alpha value is -2.08. The largest absolute Gasteiger partial charge is 0.419 e. The lowest BCUT2D eigenvalue weighted by Gasteiger charge is -2.58. The lowest BCUT2D eigenvalue weighted by molar-refractivity contribution is -0.137. The summed E-state index contributed by atoms with van der Waals surface area (Å²) in [6, 6.07) is 8.18. The molecule has 0 amide bonds. The summed E-state index contributed by atoms with van der Waals surface area (Å²) < 4.78 is 40.1. The predicted molar refractivity (Wildman–Crippen MR) is 107 cm³/mol. The van der Waals surface area contributed by atoms with Gasteiger partial charge in [-0.05, 0) is 74.5 Å². The molecule has 1 aromatic carbocycles. The molecule has 1 saturated carbocycles. The molecule has 29 heavy (non-hydrogen) atoms. The van der Waals surface area contributed by atoms with Crippen LogP contribution in [0.2, 0.25) is 0 Å². The second-order valence-corrected chi connectivity index (χ2v) is 8.93. The summed E-state index contributed by atoms with van der Waals surface area (Å²) in [5.74, 6) is 0.657. The van der Waals surface area contributed by atoms with Gasteiger partial charge < -0.3 is 10.2 Å². The van der Waals surface area contributed by atoms with E-state index in [-0.39, 0.29) is 11.1 Å². The third kappa shape index (κ3) is 3.03. The molecule has 2 heterocycles. The Morgan fingerprint density at radius 3 is 2.86 bits per heavy atom. The molecule has 154 valence electrons. The highest BCUT2D eigenvalue weighted by atomic mass is 19.4. The molecule has 1 N–H and O–H groups in total. The first-order valence-electron chi connectivity index (χ1n) is 10.5. The first-order valence-corrected chi connectivity index (χ1v) is 10.5. The Balaban J connectivity index is 1.55. The fourth-order valence-electron chi connectivity index (χ4n) is 6.16. The zero-order valence-corrected chi connectivity index (χ0v) is 16.6. The van der Waals surface area contributed by atoms with Crippen molar-refractivity contribution < 1.29 is 13.2 Å². The zero-order valence-electron chi connectivity index (χ0n) is 16.6. The molecule has 3 nitrogen and oxygen atoms in total. The number of nitrogens with zero attached hydrogens (tertiary/aromatic N) is 2. The first-order chi connectivity index (χ1) is 13.9. The fraction of sp³-hybridized carbons (Fsp3) is 0.522. The van der Waals surface area contributed by atoms with Crippen molar-refractivity contribution in [2.45, 2.75) is 56.2 Å². The van der Waals surface area contributed by atoms with Gasteiger partial charge in [-0.3, -0.25) is 4.98 Å². The van der Waals surface area contributed by atoms with Gasteiger partial charge in [-0.1, -0.05) is 18.9 Å². The number of hydrogen-bond donors (Lipinski definition) is 1. The van der Waals surface area contributed by atoms with Gasteiger partial charge >= 0.3 is 6.18 Å². The summed E-state index contributed by atoms with van der Waals surface area (Å²) in [6.07, 6.45) is 5.02. The van der Waals surface area contributed by atoms with Crippen LogP contribution in [0.3, 0.4) is 0 Å². The van der Waals surface area contributed by atoms with E-state index in [1.165, 1.54) is 49.1 Å². The van der Waals surface area contributed by atoms with E-state index in [4.69, 9.17) is 0 Å². The predicted octanol–water partition coefficient (Wildman–Crippen LogP) is 5.53. The van der Waals surface area contributed by atoms with Crippen LogP contribution in [0.15, 0.2) is 36.7 Å². The number of anilines is 2. The van der Waals surface area contributed by atoms with E-state index < -0.39 is 11.7 Å². The molecule has 3 atom stereocenters. The molecule has 1 aromatic heterocycles. The zero-order chi connectivity index (χ0) is 20.2. The van der Waals surface area contributed by atoms with E-state index in [9.17, 15) is 13.2 Å². The quantitative estimate of drug-likeness (QED) is 0.717. The molecule has 0 radical (unpaired) electrons. The minimum atomic E-state index is -4.43. The second-order valence-electron chi connectivity index (χ2n) is 8.93.